The average Bonchev–Trinajstić information content (AvgIpc) is 2.69. The molecule has 1 fully saturated rings. The summed E-state index contributed by atoms with van der Waals surface area (Å²) >= 11 is 0. The van der Waals surface area contributed by atoms with Crippen molar-refractivity contribution in [2.75, 3.05) is 37.6 Å². The van der Waals surface area contributed by atoms with Gasteiger partial charge in [0.05, 0.1) is 5.56 Å². The number of rotatable bonds is 6. The summed E-state index contributed by atoms with van der Waals surface area (Å²) in [6, 6.07) is 6.20. The van der Waals surface area contributed by atoms with Crippen LogP contribution in [0.5, 0.6) is 0 Å². The third kappa shape index (κ3) is 4.53. The highest BCUT2D eigenvalue weighted by Crippen LogP contribution is 2.10. The number of amides is 2. The number of nitrogens with one attached hydrogen (secondary N) is 1. The first-order valence-electron chi connectivity index (χ1n) is 8.44. The second-order valence-electron chi connectivity index (χ2n) is 6.03. The summed E-state index contributed by atoms with van der Waals surface area (Å²) in [5.41, 5.74) is 1.34. The van der Waals surface area contributed by atoms with E-state index in [9.17, 15) is 14.0 Å². The van der Waals surface area contributed by atoms with Crippen LogP contribution in [0.3, 0.4) is 0 Å². The van der Waals surface area contributed by atoms with Crippen molar-refractivity contribution in [1.82, 2.24) is 20.2 Å². The van der Waals surface area contributed by atoms with Crippen LogP contribution < -0.4 is 10.2 Å². The Bertz CT molecular complexity index is 743. The Morgan fingerprint density at radius 2 is 1.77 bits per heavy atom. The van der Waals surface area contributed by atoms with Crippen molar-refractivity contribution in [2.45, 2.75) is 6.42 Å². The highest BCUT2D eigenvalue weighted by Gasteiger charge is 2.18. The lowest BCUT2D eigenvalue weighted by Gasteiger charge is -2.32. The van der Waals surface area contributed by atoms with Gasteiger partial charge in [-0.1, -0.05) is 12.1 Å². The van der Waals surface area contributed by atoms with E-state index in [4.69, 9.17) is 0 Å². The molecule has 1 aliphatic heterocycles. The van der Waals surface area contributed by atoms with Crippen LogP contribution in [0.25, 0.3) is 0 Å². The lowest BCUT2D eigenvalue weighted by Crippen LogP contribution is -2.46. The van der Waals surface area contributed by atoms with Crippen molar-refractivity contribution >= 4 is 18.3 Å². The quantitative estimate of drug-likeness (QED) is 0.776. The zero-order valence-corrected chi connectivity index (χ0v) is 14.3. The van der Waals surface area contributed by atoms with Gasteiger partial charge in [-0.15, -0.1) is 0 Å². The number of hydrogen-bond acceptors (Lipinski definition) is 5. The smallest absolute Gasteiger partial charge is 0.254 e. The fourth-order valence-corrected chi connectivity index (χ4v) is 2.70. The number of nitrogens with zero attached hydrogens (tertiary/aromatic N) is 4. The minimum atomic E-state index is -0.275. The number of aromatic nitrogens is 2. The van der Waals surface area contributed by atoms with Gasteiger partial charge in [0.25, 0.3) is 5.91 Å². The number of carbonyl (C=O) groups is 2. The molecule has 136 valence electrons. The number of anilines is 1. The van der Waals surface area contributed by atoms with E-state index in [-0.39, 0.29) is 11.7 Å². The number of benzene rings is 1. The Morgan fingerprint density at radius 3 is 2.38 bits per heavy atom. The largest absolute Gasteiger partial charge is 0.352 e. The summed E-state index contributed by atoms with van der Waals surface area (Å²) in [5, 5.41) is 2.80. The zero-order valence-electron chi connectivity index (χ0n) is 14.3. The number of carbonyl (C=O) groups excluding carboxylic acids is 2. The van der Waals surface area contributed by atoms with Crippen molar-refractivity contribution in [1.29, 1.82) is 0 Å². The highest BCUT2D eigenvalue weighted by molar-refractivity contribution is 5.93. The number of hydrogen-bond donors (Lipinski definition) is 1. The molecule has 1 aromatic carbocycles. The lowest BCUT2D eigenvalue weighted by molar-refractivity contribution is -0.118. The van der Waals surface area contributed by atoms with E-state index >= 15 is 0 Å². The van der Waals surface area contributed by atoms with Crippen LogP contribution in [0.2, 0.25) is 0 Å². The molecule has 2 heterocycles. The summed E-state index contributed by atoms with van der Waals surface area (Å²) < 4.78 is 12.9. The summed E-state index contributed by atoms with van der Waals surface area (Å²) in [6.45, 7) is 3.06. The van der Waals surface area contributed by atoms with E-state index in [1.807, 2.05) is 4.90 Å². The van der Waals surface area contributed by atoms with E-state index in [1.165, 1.54) is 24.5 Å². The second-order valence-corrected chi connectivity index (χ2v) is 6.03. The van der Waals surface area contributed by atoms with Gasteiger partial charge in [0.1, 0.15) is 5.82 Å². The van der Waals surface area contributed by atoms with Crippen molar-refractivity contribution < 1.29 is 14.0 Å². The molecule has 0 spiro atoms. The first kappa shape index (κ1) is 17.8. The third-order valence-electron chi connectivity index (χ3n) is 4.26. The molecule has 1 aliphatic rings. The first-order chi connectivity index (χ1) is 12.7. The first-order valence-corrected chi connectivity index (χ1v) is 8.44. The molecule has 1 saturated heterocycles. The van der Waals surface area contributed by atoms with E-state index in [0.717, 1.165) is 12.0 Å². The molecule has 8 heteroatoms. The molecule has 0 unspecified atom stereocenters. The Balaban J connectivity index is 1.49. The molecule has 0 radical (unpaired) electrons. The molecule has 1 aromatic heterocycles. The Labute approximate surface area is 150 Å². The Hall–Kier alpha value is -3.03. The molecule has 1 N–H and O–H groups in total. The summed E-state index contributed by atoms with van der Waals surface area (Å²) in [6.07, 6.45) is 4.47. The van der Waals surface area contributed by atoms with Crippen LogP contribution in [-0.2, 0) is 11.2 Å². The van der Waals surface area contributed by atoms with Crippen LogP contribution in [-0.4, -0.2) is 59.9 Å². The van der Waals surface area contributed by atoms with Gasteiger partial charge in [-0.2, -0.15) is 0 Å². The van der Waals surface area contributed by atoms with Crippen molar-refractivity contribution in [3.8, 4) is 0 Å². The monoisotopic (exact) mass is 357 g/mol. The molecule has 0 aliphatic carbocycles. The van der Waals surface area contributed by atoms with E-state index in [0.29, 0.717) is 50.7 Å². The molecule has 2 amide bonds. The molecular formula is C18H20FN5O2. The van der Waals surface area contributed by atoms with E-state index in [1.54, 1.807) is 17.0 Å². The van der Waals surface area contributed by atoms with Crippen molar-refractivity contribution in [2.24, 2.45) is 0 Å². The number of halogens is 1. The van der Waals surface area contributed by atoms with Gasteiger partial charge in [0.2, 0.25) is 12.4 Å². The highest BCUT2D eigenvalue weighted by atomic mass is 19.1. The normalized spacial score (nSPS) is 14.2. The SMILES string of the molecule is O=CN1CCN(c2ncc(C(=O)NCCc3ccc(F)cc3)cn2)CC1. The van der Waals surface area contributed by atoms with Gasteiger partial charge in [-0.3, -0.25) is 9.59 Å². The van der Waals surface area contributed by atoms with E-state index in [2.05, 4.69) is 15.3 Å². The minimum Gasteiger partial charge on any atom is -0.352 e. The minimum absolute atomic E-state index is 0.246. The third-order valence-corrected chi connectivity index (χ3v) is 4.26. The summed E-state index contributed by atoms with van der Waals surface area (Å²) in [5.74, 6) is 0.0328. The lowest BCUT2D eigenvalue weighted by atomic mass is 10.1. The molecule has 26 heavy (non-hydrogen) atoms. The van der Waals surface area contributed by atoms with Crippen LogP contribution in [0, 0.1) is 5.82 Å². The van der Waals surface area contributed by atoms with Gasteiger partial charge in [0.15, 0.2) is 0 Å². The maximum atomic E-state index is 12.9. The maximum Gasteiger partial charge on any atom is 0.254 e. The van der Waals surface area contributed by atoms with Crippen LogP contribution in [0.1, 0.15) is 15.9 Å². The zero-order chi connectivity index (χ0) is 18.4. The molecule has 0 saturated carbocycles. The van der Waals surface area contributed by atoms with Crippen LogP contribution >= 0.6 is 0 Å². The van der Waals surface area contributed by atoms with Gasteiger partial charge >= 0.3 is 0 Å². The molecule has 0 bridgehead atoms. The second kappa shape index (κ2) is 8.37. The molecule has 7 nitrogen and oxygen atoms in total. The molecule has 3 rings (SSSR count). The van der Waals surface area contributed by atoms with Crippen molar-refractivity contribution in [3.63, 3.8) is 0 Å². The molecular weight excluding hydrogens is 337 g/mol. The maximum absolute atomic E-state index is 12.9. The topological polar surface area (TPSA) is 78.4 Å². The van der Waals surface area contributed by atoms with Crippen molar-refractivity contribution in [3.05, 3.63) is 53.6 Å². The number of piperazine rings is 1. The molecule has 0 atom stereocenters. The van der Waals surface area contributed by atoms with E-state index < -0.39 is 0 Å². The Kier molecular flexibility index (Phi) is 5.73. The van der Waals surface area contributed by atoms with Gasteiger partial charge in [-0.05, 0) is 24.1 Å². The molecule has 2 aromatic rings. The fourth-order valence-electron chi connectivity index (χ4n) is 2.70. The Morgan fingerprint density at radius 1 is 1.12 bits per heavy atom. The predicted molar refractivity (Wildman–Crippen MR) is 94.3 cm³/mol. The fraction of sp³-hybridized carbons (Fsp3) is 0.333. The predicted octanol–water partition coefficient (Wildman–Crippen LogP) is 0.867. The summed E-state index contributed by atoms with van der Waals surface area (Å²) in [4.78, 5) is 35.1. The average molecular weight is 357 g/mol. The van der Waals surface area contributed by atoms with Gasteiger partial charge in [0, 0.05) is 45.1 Å². The van der Waals surface area contributed by atoms with Crippen LogP contribution in [0.15, 0.2) is 36.7 Å². The van der Waals surface area contributed by atoms with Crippen LogP contribution in [0.4, 0.5) is 10.3 Å². The standard InChI is InChI=1S/C18H20FN5O2/c19-16-3-1-14(2-4-16)5-6-20-17(26)15-11-21-18(22-12-15)24-9-7-23(13-25)8-10-24/h1-4,11-13H,5-10H2,(H,20,26). The van der Waals surface area contributed by atoms with Gasteiger partial charge in [-0.25, -0.2) is 14.4 Å². The van der Waals surface area contributed by atoms with Gasteiger partial charge < -0.3 is 15.1 Å². The summed E-state index contributed by atoms with van der Waals surface area (Å²) in [7, 11) is 0.